The van der Waals surface area contributed by atoms with E-state index in [1.165, 1.54) is 25.7 Å². The van der Waals surface area contributed by atoms with Gasteiger partial charge in [0.2, 0.25) is 0 Å². The Morgan fingerprint density at radius 1 is 1.25 bits per heavy atom. The number of nitrogens with one attached hydrogen (secondary N) is 1. The van der Waals surface area contributed by atoms with E-state index in [2.05, 4.69) is 27.2 Å². The highest BCUT2D eigenvalue weighted by Crippen LogP contribution is 2.34. The maximum absolute atomic E-state index is 5.59. The van der Waals surface area contributed by atoms with E-state index in [1.54, 1.807) is 11.3 Å². The third-order valence-electron chi connectivity index (χ3n) is 4.55. The Hall–Kier alpha value is -2.08. The maximum Gasteiger partial charge on any atom is 0.183 e. The minimum absolute atomic E-state index is 0.576. The Bertz CT molecular complexity index is 826. The number of anilines is 1. The van der Waals surface area contributed by atoms with Crippen molar-refractivity contribution < 1.29 is 4.42 Å². The van der Waals surface area contributed by atoms with Crippen molar-refractivity contribution in [2.24, 2.45) is 0 Å². The SMILES string of the molecule is Cc1ccc(CNc2nc(C)c(-c3ccn(C4CCCC4)n3)s2)o1. The lowest BCUT2D eigenvalue weighted by Crippen LogP contribution is -2.04. The lowest BCUT2D eigenvalue weighted by molar-refractivity contribution is 0.468. The van der Waals surface area contributed by atoms with Gasteiger partial charge in [-0.15, -0.1) is 0 Å². The molecule has 0 atom stereocenters. The molecular formula is C18H22N4OS. The first-order valence-electron chi connectivity index (χ1n) is 8.51. The Kier molecular flexibility index (Phi) is 4.14. The molecule has 126 valence electrons. The van der Waals surface area contributed by atoms with Gasteiger partial charge >= 0.3 is 0 Å². The molecule has 3 heterocycles. The number of furan rings is 1. The molecular weight excluding hydrogens is 320 g/mol. The third kappa shape index (κ3) is 3.11. The molecule has 1 saturated carbocycles. The zero-order chi connectivity index (χ0) is 16.5. The van der Waals surface area contributed by atoms with Crippen LogP contribution in [0.2, 0.25) is 0 Å². The molecule has 0 bridgehead atoms. The molecule has 5 nitrogen and oxygen atoms in total. The second-order valence-corrected chi connectivity index (χ2v) is 7.42. The van der Waals surface area contributed by atoms with Crippen LogP contribution in [-0.2, 0) is 6.54 Å². The van der Waals surface area contributed by atoms with Crippen LogP contribution in [0, 0.1) is 13.8 Å². The Morgan fingerprint density at radius 2 is 2.08 bits per heavy atom. The summed E-state index contributed by atoms with van der Waals surface area (Å²) in [6.07, 6.45) is 7.25. The van der Waals surface area contributed by atoms with E-state index in [0.29, 0.717) is 12.6 Å². The van der Waals surface area contributed by atoms with E-state index in [4.69, 9.17) is 9.52 Å². The van der Waals surface area contributed by atoms with Crippen molar-refractivity contribution in [2.45, 2.75) is 52.1 Å². The average molecular weight is 342 g/mol. The molecule has 3 aromatic heterocycles. The number of aromatic nitrogens is 3. The lowest BCUT2D eigenvalue weighted by atomic mass is 10.3. The summed E-state index contributed by atoms with van der Waals surface area (Å²) in [4.78, 5) is 5.78. The molecule has 4 rings (SSSR count). The quantitative estimate of drug-likeness (QED) is 0.713. The van der Waals surface area contributed by atoms with Crippen LogP contribution in [0.5, 0.6) is 0 Å². The van der Waals surface area contributed by atoms with E-state index in [9.17, 15) is 0 Å². The van der Waals surface area contributed by atoms with Gasteiger partial charge < -0.3 is 9.73 Å². The van der Waals surface area contributed by atoms with Crippen LogP contribution >= 0.6 is 11.3 Å². The van der Waals surface area contributed by atoms with Gasteiger partial charge in [0.05, 0.1) is 23.2 Å². The lowest BCUT2D eigenvalue weighted by Gasteiger charge is -2.08. The van der Waals surface area contributed by atoms with Crippen molar-refractivity contribution >= 4 is 16.5 Å². The summed E-state index contributed by atoms with van der Waals surface area (Å²) in [6, 6.07) is 6.66. The van der Waals surface area contributed by atoms with Crippen molar-refractivity contribution in [1.82, 2.24) is 14.8 Å². The number of aryl methyl sites for hydroxylation is 2. The summed E-state index contributed by atoms with van der Waals surface area (Å²) in [7, 11) is 0. The van der Waals surface area contributed by atoms with Gasteiger partial charge in [-0.1, -0.05) is 24.2 Å². The summed E-state index contributed by atoms with van der Waals surface area (Å²) in [5.41, 5.74) is 2.05. The molecule has 0 radical (unpaired) electrons. The number of rotatable bonds is 5. The smallest absolute Gasteiger partial charge is 0.183 e. The molecule has 3 aromatic rings. The molecule has 1 fully saturated rings. The van der Waals surface area contributed by atoms with Crippen LogP contribution in [0.3, 0.4) is 0 Å². The van der Waals surface area contributed by atoms with Crippen LogP contribution in [0.15, 0.2) is 28.8 Å². The van der Waals surface area contributed by atoms with Gasteiger partial charge in [0.1, 0.15) is 17.2 Å². The predicted molar refractivity (Wildman–Crippen MR) is 96.3 cm³/mol. The molecule has 24 heavy (non-hydrogen) atoms. The highest BCUT2D eigenvalue weighted by Gasteiger charge is 2.19. The maximum atomic E-state index is 5.59. The van der Waals surface area contributed by atoms with Crippen molar-refractivity contribution in [3.63, 3.8) is 0 Å². The van der Waals surface area contributed by atoms with Crippen LogP contribution in [0.4, 0.5) is 5.13 Å². The molecule has 0 aromatic carbocycles. The van der Waals surface area contributed by atoms with Crippen molar-refractivity contribution in [2.75, 3.05) is 5.32 Å². The summed E-state index contributed by atoms with van der Waals surface area (Å²) >= 11 is 1.65. The molecule has 1 N–H and O–H groups in total. The van der Waals surface area contributed by atoms with Gasteiger partial charge in [-0.25, -0.2) is 4.98 Å². The fourth-order valence-electron chi connectivity index (χ4n) is 3.28. The standard InChI is InChI=1S/C18H22N4OS/c1-12-7-8-15(23-12)11-19-18-20-13(2)17(24-18)16-9-10-22(21-16)14-5-3-4-6-14/h7-10,14H,3-6,11H2,1-2H3,(H,19,20). The van der Waals surface area contributed by atoms with E-state index >= 15 is 0 Å². The molecule has 6 heteroatoms. The zero-order valence-corrected chi connectivity index (χ0v) is 14.9. The predicted octanol–water partition coefficient (Wildman–Crippen LogP) is 4.94. The molecule has 0 unspecified atom stereocenters. The van der Waals surface area contributed by atoms with Gasteiger partial charge in [0.25, 0.3) is 0 Å². The average Bonchev–Trinajstić information content (AvgIpc) is 3.32. The van der Waals surface area contributed by atoms with Gasteiger partial charge in [0.15, 0.2) is 5.13 Å². The second-order valence-electron chi connectivity index (χ2n) is 6.42. The molecule has 0 amide bonds. The molecule has 0 spiro atoms. The third-order valence-corrected chi connectivity index (χ3v) is 5.68. The van der Waals surface area contributed by atoms with Crippen LogP contribution in [-0.4, -0.2) is 14.8 Å². The normalized spacial score (nSPS) is 15.2. The highest BCUT2D eigenvalue weighted by molar-refractivity contribution is 7.19. The number of hydrogen-bond donors (Lipinski definition) is 1. The van der Waals surface area contributed by atoms with Crippen molar-refractivity contribution in [1.29, 1.82) is 0 Å². The fourth-order valence-corrected chi connectivity index (χ4v) is 4.21. The van der Waals surface area contributed by atoms with Crippen LogP contribution < -0.4 is 5.32 Å². The molecule has 0 saturated heterocycles. The highest BCUT2D eigenvalue weighted by atomic mass is 32.1. The fraction of sp³-hybridized carbons (Fsp3) is 0.444. The first-order valence-corrected chi connectivity index (χ1v) is 9.33. The van der Waals surface area contributed by atoms with Gasteiger partial charge in [-0.2, -0.15) is 5.10 Å². The molecule has 0 aliphatic heterocycles. The van der Waals surface area contributed by atoms with Crippen LogP contribution in [0.25, 0.3) is 10.6 Å². The summed E-state index contributed by atoms with van der Waals surface area (Å²) in [6.45, 7) is 4.65. The zero-order valence-electron chi connectivity index (χ0n) is 14.1. The molecule has 1 aliphatic carbocycles. The van der Waals surface area contributed by atoms with E-state index in [1.807, 2.05) is 26.0 Å². The van der Waals surface area contributed by atoms with Crippen molar-refractivity contribution in [3.05, 3.63) is 41.6 Å². The number of thiazole rings is 1. The summed E-state index contributed by atoms with van der Waals surface area (Å²) < 4.78 is 7.72. The number of hydrogen-bond acceptors (Lipinski definition) is 5. The minimum atomic E-state index is 0.576. The Labute approximate surface area is 145 Å². The monoisotopic (exact) mass is 342 g/mol. The van der Waals surface area contributed by atoms with E-state index < -0.39 is 0 Å². The Morgan fingerprint density at radius 3 is 2.83 bits per heavy atom. The van der Waals surface area contributed by atoms with E-state index in [-0.39, 0.29) is 0 Å². The summed E-state index contributed by atoms with van der Waals surface area (Å²) in [5.74, 6) is 1.85. The van der Waals surface area contributed by atoms with E-state index in [0.717, 1.165) is 32.9 Å². The Balaban J connectivity index is 1.48. The topological polar surface area (TPSA) is 55.9 Å². The first kappa shape index (κ1) is 15.4. The summed E-state index contributed by atoms with van der Waals surface area (Å²) in [5, 5.41) is 9.05. The number of nitrogens with zero attached hydrogens (tertiary/aromatic N) is 3. The largest absolute Gasteiger partial charge is 0.465 e. The minimum Gasteiger partial charge on any atom is -0.465 e. The second kappa shape index (κ2) is 6.43. The van der Waals surface area contributed by atoms with Crippen molar-refractivity contribution in [3.8, 4) is 10.6 Å². The molecule has 1 aliphatic rings. The first-order chi connectivity index (χ1) is 11.7. The van der Waals surface area contributed by atoms with Gasteiger partial charge in [-0.05, 0) is 44.9 Å². The van der Waals surface area contributed by atoms with Gasteiger partial charge in [0, 0.05) is 6.20 Å². The van der Waals surface area contributed by atoms with Crippen LogP contribution in [0.1, 0.15) is 48.9 Å². The van der Waals surface area contributed by atoms with Gasteiger partial charge in [-0.3, -0.25) is 4.68 Å².